The van der Waals surface area contributed by atoms with Crippen molar-refractivity contribution >= 4 is 22.9 Å². The molecule has 2 rings (SSSR count). The van der Waals surface area contributed by atoms with Crippen LogP contribution in [0, 0.1) is 6.92 Å². The molecule has 6 heteroatoms. The summed E-state index contributed by atoms with van der Waals surface area (Å²) in [5.41, 5.74) is 2.33. The second-order valence-electron chi connectivity index (χ2n) is 4.02. The Hall–Kier alpha value is -1.95. The van der Waals surface area contributed by atoms with Crippen LogP contribution in [-0.4, -0.2) is 22.4 Å². The molecule has 5 nitrogen and oxygen atoms in total. The van der Waals surface area contributed by atoms with Gasteiger partial charge < -0.3 is 10.6 Å². The maximum Gasteiger partial charge on any atom is 0.255 e. The van der Waals surface area contributed by atoms with Crippen molar-refractivity contribution in [3.05, 3.63) is 40.1 Å². The molecular formula is C13H16N4OS. The molecule has 0 aliphatic rings. The molecule has 19 heavy (non-hydrogen) atoms. The molecule has 2 aromatic heterocycles. The van der Waals surface area contributed by atoms with Crippen molar-refractivity contribution in [1.82, 2.24) is 15.3 Å². The predicted molar refractivity (Wildman–Crippen MR) is 76.4 cm³/mol. The van der Waals surface area contributed by atoms with Crippen LogP contribution < -0.4 is 10.6 Å². The Labute approximate surface area is 116 Å². The molecule has 2 aromatic rings. The van der Waals surface area contributed by atoms with Crippen LogP contribution in [0.1, 0.15) is 28.0 Å². The van der Waals surface area contributed by atoms with E-state index in [4.69, 9.17) is 0 Å². The molecule has 0 saturated carbocycles. The van der Waals surface area contributed by atoms with Crippen molar-refractivity contribution in [2.24, 2.45) is 0 Å². The topological polar surface area (TPSA) is 66.9 Å². The van der Waals surface area contributed by atoms with E-state index in [2.05, 4.69) is 20.6 Å². The first-order valence-electron chi connectivity index (χ1n) is 6.07. The monoisotopic (exact) mass is 276 g/mol. The largest absolute Gasteiger partial charge is 0.385 e. The number of hydrogen-bond acceptors (Lipinski definition) is 5. The lowest BCUT2D eigenvalue weighted by Gasteiger charge is -2.09. The molecule has 0 aromatic carbocycles. The first-order valence-corrected chi connectivity index (χ1v) is 6.95. The molecule has 0 fully saturated rings. The van der Waals surface area contributed by atoms with E-state index >= 15 is 0 Å². The number of rotatable bonds is 5. The summed E-state index contributed by atoms with van der Waals surface area (Å²) in [6.07, 6.45) is 3.24. The Bertz CT molecular complexity index is 567. The summed E-state index contributed by atoms with van der Waals surface area (Å²) >= 11 is 1.54. The Kier molecular flexibility index (Phi) is 4.46. The van der Waals surface area contributed by atoms with Gasteiger partial charge in [-0.25, -0.2) is 4.98 Å². The molecule has 2 heterocycles. The van der Waals surface area contributed by atoms with Crippen LogP contribution in [0.25, 0.3) is 0 Å². The molecule has 0 aliphatic heterocycles. The fourth-order valence-corrected chi connectivity index (χ4v) is 2.37. The molecule has 0 aliphatic carbocycles. The standard InChI is InChI=1S/C13H16N4OS/c1-3-15-11-4-5-14-6-10(11)13(18)16-7-12-17-9(2)8-19-12/h4-6,8H,3,7H2,1-2H3,(H,14,15)(H,16,18). The zero-order valence-corrected chi connectivity index (χ0v) is 11.8. The van der Waals surface area contributed by atoms with Gasteiger partial charge in [0, 0.05) is 30.0 Å². The number of pyridine rings is 1. The van der Waals surface area contributed by atoms with Gasteiger partial charge in [-0.2, -0.15) is 0 Å². The number of carbonyl (C=O) groups excluding carboxylic acids is 1. The number of carbonyl (C=O) groups is 1. The molecular weight excluding hydrogens is 260 g/mol. The highest BCUT2D eigenvalue weighted by molar-refractivity contribution is 7.09. The maximum atomic E-state index is 12.1. The maximum absolute atomic E-state index is 12.1. The van der Waals surface area contributed by atoms with Gasteiger partial charge in [0.25, 0.3) is 5.91 Å². The summed E-state index contributed by atoms with van der Waals surface area (Å²) in [5, 5.41) is 8.87. The number of nitrogens with one attached hydrogen (secondary N) is 2. The number of aryl methyl sites for hydroxylation is 1. The molecule has 100 valence electrons. The van der Waals surface area contributed by atoms with E-state index in [1.54, 1.807) is 29.8 Å². The van der Waals surface area contributed by atoms with Crippen molar-refractivity contribution in [2.75, 3.05) is 11.9 Å². The number of nitrogens with zero attached hydrogens (tertiary/aromatic N) is 2. The van der Waals surface area contributed by atoms with Gasteiger partial charge in [0.15, 0.2) is 0 Å². The predicted octanol–water partition coefficient (Wildman–Crippen LogP) is 2.21. The van der Waals surface area contributed by atoms with Crippen LogP contribution in [0.4, 0.5) is 5.69 Å². The first kappa shape index (κ1) is 13.5. The third-order valence-electron chi connectivity index (χ3n) is 2.50. The van der Waals surface area contributed by atoms with Crippen LogP contribution in [0.5, 0.6) is 0 Å². The van der Waals surface area contributed by atoms with E-state index in [-0.39, 0.29) is 5.91 Å². The zero-order valence-electron chi connectivity index (χ0n) is 10.9. The Balaban J connectivity index is 2.03. The SMILES string of the molecule is CCNc1ccncc1C(=O)NCc1nc(C)cs1. The van der Waals surface area contributed by atoms with Gasteiger partial charge in [-0.3, -0.25) is 9.78 Å². The summed E-state index contributed by atoms with van der Waals surface area (Å²) in [4.78, 5) is 20.4. The van der Waals surface area contributed by atoms with Gasteiger partial charge in [0.1, 0.15) is 5.01 Å². The van der Waals surface area contributed by atoms with Crippen molar-refractivity contribution < 1.29 is 4.79 Å². The van der Waals surface area contributed by atoms with Gasteiger partial charge in [0.05, 0.1) is 17.8 Å². The summed E-state index contributed by atoms with van der Waals surface area (Å²) < 4.78 is 0. The smallest absolute Gasteiger partial charge is 0.255 e. The van der Waals surface area contributed by atoms with E-state index < -0.39 is 0 Å². The van der Waals surface area contributed by atoms with Crippen LogP contribution in [0.2, 0.25) is 0 Å². The lowest BCUT2D eigenvalue weighted by molar-refractivity contribution is 0.0951. The van der Waals surface area contributed by atoms with Gasteiger partial charge >= 0.3 is 0 Å². The Morgan fingerprint density at radius 2 is 2.32 bits per heavy atom. The van der Waals surface area contributed by atoms with Crippen molar-refractivity contribution in [2.45, 2.75) is 20.4 Å². The number of anilines is 1. The highest BCUT2D eigenvalue weighted by Crippen LogP contribution is 2.14. The first-order chi connectivity index (χ1) is 9.20. The number of thiazole rings is 1. The minimum atomic E-state index is -0.142. The van der Waals surface area contributed by atoms with Crippen LogP contribution >= 0.6 is 11.3 Å². The van der Waals surface area contributed by atoms with E-state index in [0.29, 0.717) is 12.1 Å². The normalized spacial score (nSPS) is 10.2. The molecule has 0 radical (unpaired) electrons. The number of hydrogen-bond donors (Lipinski definition) is 2. The number of amides is 1. The minimum Gasteiger partial charge on any atom is -0.385 e. The summed E-state index contributed by atoms with van der Waals surface area (Å²) in [6, 6.07) is 1.80. The third-order valence-corrected chi connectivity index (χ3v) is 3.47. The lowest BCUT2D eigenvalue weighted by atomic mass is 10.2. The molecule has 1 amide bonds. The lowest BCUT2D eigenvalue weighted by Crippen LogP contribution is -2.24. The molecule has 0 unspecified atom stereocenters. The second-order valence-corrected chi connectivity index (χ2v) is 4.96. The van der Waals surface area contributed by atoms with E-state index in [9.17, 15) is 4.79 Å². The molecule has 2 N–H and O–H groups in total. The van der Waals surface area contributed by atoms with Crippen molar-refractivity contribution in [1.29, 1.82) is 0 Å². The average Bonchev–Trinajstić information content (AvgIpc) is 2.83. The quantitative estimate of drug-likeness (QED) is 0.878. The van der Waals surface area contributed by atoms with Crippen molar-refractivity contribution in [3.8, 4) is 0 Å². The second kappa shape index (κ2) is 6.29. The fraction of sp³-hybridized carbons (Fsp3) is 0.308. The van der Waals surface area contributed by atoms with Crippen LogP contribution in [0.15, 0.2) is 23.8 Å². The minimum absolute atomic E-state index is 0.142. The average molecular weight is 276 g/mol. The zero-order chi connectivity index (χ0) is 13.7. The summed E-state index contributed by atoms with van der Waals surface area (Å²) in [5.74, 6) is -0.142. The van der Waals surface area contributed by atoms with E-state index in [0.717, 1.165) is 22.9 Å². The van der Waals surface area contributed by atoms with Crippen LogP contribution in [0.3, 0.4) is 0 Å². The fourth-order valence-electron chi connectivity index (χ4n) is 1.66. The summed E-state index contributed by atoms with van der Waals surface area (Å²) in [7, 11) is 0. The molecule has 0 spiro atoms. The van der Waals surface area contributed by atoms with Gasteiger partial charge in [-0.15, -0.1) is 11.3 Å². The van der Waals surface area contributed by atoms with E-state index in [1.807, 2.05) is 19.2 Å². The Morgan fingerprint density at radius 1 is 1.47 bits per heavy atom. The highest BCUT2D eigenvalue weighted by atomic mass is 32.1. The Morgan fingerprint density at radius 3 is 3.00 bits per heavy atom. The third kappa shape index (κ3) is 3.51. The van der Waals surface area contributed by atoms with Gasteiger partial charge in [-0.1, -0.05) is 0 Å². The van der Waals surface area contributed by atoms with E-state index in [1.165, 1.54) is 0 Å². The summed E-state index contributed by atoms with van der Waals surface area (Å²) in [6.45, 7) is 5.13. The highest BCUT2D eigenvalue weighted by Gasteiger charge is 2.11. The van der Waals surface area contributed by atoms with Gasteiger partial charge in [-0.05, 0) is 19.9 Å². The molecule has 0 atom stereocenters. The van der Waals surface area contributed by atoms with Gasteiger partial charge in [0.2, 0.25) is 0 Å². The van der Waals surface area contributed by atoms with Crippen LogP contribution in [-0.2, 0) is 6.54 Å². The number of aromatic nitrogens is 2. The molecule has 0 bridgehead atoms. The van der Waals surface area contributed by atoms with Crippen molar-refractivity contribution in [3.63, 3.8) is 0 Å². The molecule has 0 saturated heterocycles.